The van der Waals surface area contributed by atoms with Gasteiger partial charge in [-0.2, -0.15) is 0 Å². The predicted molar refractivity (Wildman–Crippen MR) is 135 cm³/mol. The van der Waals surface area contributed by atoms with Crippen LogP contribution in [0, 0.1) is 0 Å². The van der Waals surface area contributed by atoms with Crippen LogP contribution in [0.1, 0.15) is 21.5 Å². The van der Waals surface area contributed by atoms with Crippen molar-refractivity contribution in [1.82, 2.24) is 9.97 Å². The monoisotopic (exact) mass is 543 g/mol. The Morgan fingerprint density at radius 1 is 0.947 bits per heavy atom. The van der Waals surface area contributed by atoms with Crippen molar-refractivity contribution < 1.29 is 32.2 Å². The largest absolute Gasteiger partial charge is 0.573 e. The number of rotatable bonds is 9. The normalized spacial score (nSPS) is 11.1. The molecule has 4 aromatic rings. The van der Waals surface area contributed by atoms with E-state index in [1.807, 2.05) is 30.3 Å². The average molecular weight is 544 g/mol. The van der Waals surface area contributed by atoms with Crippen molar-refractivity contribution in [2.45, 2.75) is 19.5 Å². The molecular weight excluding hydrogens is 523 g/mol. The number of nitrogens with one attached hydrogen (secondary N) is 1. The van der Waals surface area contributed by atoms with Crippen molar-refractivity contribution in [3.8, 4) is 22.6 Å². The van der Waals surface area contributed by atoms with Gasteiger partial charge in [0.2, 0.25) is 5.95 Å². The van der Waals surface area contributed by atoms with Gasteiger partial charge in [-0.1, -0.05) is 54.1 Å². The van der Waals surface area contributed by atoms with Crippen LogP contribution in [0.25, 0.3) is 11.1 Å². The molecule has 7 nitrogen and oxygen atoms in total. The Labute approximate surface area is 221 Å². The smallest absolute Gasteiger partial charge is 0.487 e. The van der Waals surface area contributed by atoms with Crippen LogP contribution < -0.4 is 14.8 Å². The van der Waals surface area contributed by atoms with Crippen LogP contribution in [-0.2, 0) is 17.9 Å². The van der Waals surface area contributed by atoms with Gasteiger partial charge in [-0.15, -0.1) is 13.2 Å². The van der Waals surface area contributed by atoms with Crippen molar-refractivity contribution in [2.75, 3.05) is 12.4 Å². The third-order valence-corrected chi connectivity index (χ3v) is 5.64. The predicted octanol–water partition coefficient (Wildman–Crippen LogP) is 6.67. The molecule has 196 valence electrons. The number of hydrogen-bond donors (Lipinski definition) is 1. The molecule has 0 saturated carbocycles. The zero-order valence-electron chi connectivity index (χ0n) is 20.0. The molecule has 0 amide bonds. The molecule has 38 heavy (non-hydrogen) atoms. The molecule has 1 heterocycles. The van der Waals surface area contributed by atoms with Crippen molar-refractivity contribution in [3.05, 3.63) is 101 Å². The molecule has 0 spiro atoms. The fourth-order valence-electron chi connectivity index (χ4n) is 3.47. The van der Waals surface area contributed by atoms with Crippen LogP contribution in [-0.4, -0.2) is 29.4 Å². The molecule has 1 N–H and O–H groups in total. The Kier molecular flexibility index (Phi) is 8.32. The number of nitrogens with zero attached hydrogens (tertiary/aromatic N) is 2. The van der Waals surface area contributed by atoms with Crippen molar-refractivity contribution in [1.29, 1.82) is 0 Å². The molecular formula is C27H21ClF3N3O4. The molecule has 0 atom stereocenters. The molecule has 11 heteroatoms. The second-order valence-corrected chi connectivity index (χ2v) is 8.32. The van der Waals surface area contributed by atoms with E-state index in [4.69, 9.17) is 21.1 Å². The van der Waals surface area contributed by atoms with Crippen molar-refractivity contribution in [3.63, 3.8) is 0 Å². The van der Waals surface area contributed by atoms with Crippen LogP contribution >= 0.6 is 11.6 Å². The third kappa shape index (κ3) is 7.13. The standard InChI is InChI=1S/C27H21ClF3N3O4/c1-36-25(35)22-11-19(12-23(24(22)28)37-16-17-6-3-2-4-7-17)20-14-33-26(34-15-20)32-13-18-8-5-9-21(10-18)38-27(29,30)31/h2-12,14-15H,13,16H2,1H3,(H,32,33,34). The van der Waals surface area contributed by atoms with Gasteiger partial charge in [0.1, 0.15) is 18.1 Å². The fourth-order valence-corrected chi connectivity index (χ4v) is 3.71. The first-order valence-electron chi connectivity index (χ1n) is 11.2. The molecule has 0 unspecified atom stereocenters. The highest BCUT2D eigenvalue weighted by molar-refractivity contribution is 6.35. The van der Waals surface area contributed by atoms with E-state index < -0.39 is 12.3 Å². The highest BCUT2D eigenvalue weighted by atomic mass is 35.5. The lowest BCUT2D eigenvalue weighted by atomic mass is 10.0. The Hall–Kier alpha value is -4.31. The number of aromatic nitrogens is 2. The van der Waals surface area contributed by atoms with E-state index in [0.717, 1.165) is 5.56 Å². The number of hydrogen-bond acceptors (Lipinski definition) is 7. The van der Waals surface area contributed by atoms with Crippen molar-refractivity contribution >= 4 is 23.5 Å². The highest BCUT2D eigenvalue weighted by Crippen LogP contribution is 2.35. The van der Waals surface area contributed by atoms with Crippen LogP contribution in [0.4, 0.5) is 19.1 Å². The highest BCUT2D eigenvalue weighted by Gasteiger charge is 2.31. The molecule has 0 fully saturated rings. The van der Waals surface area contributed by atoms with E-state index in [1.165, 1.54) is 37.7 Å². The first-order valence-corrected chi connectivity index (χ1v) is 11.6. The van der Waals surface area contributed by atoms with Gasteiger partial charge in [0, 0.05) is 24.5 Å². The SMILES string of the molecule is COC(=O)c1cc(-c2cnc(NCc3cccc(OC(F)(F)F)c3)nc2)cc(OCc2ccccc2)c1Cl. The van der Waals surface area contributed by atoms with Gasteiger partial charge in [-0.3, -0.25) is 0 Å². The number of anilines is 1. The summed E-state index contributed by atoms with van der Waals surface area (Å²) in [7, 11) is 1.25. The van der Waals surface area contributed by atoms with E-state index in [1.54, 1.807) is 18.2 Å². The first-order chi connectivity index (χ1) is 18.2. The molecule has 3 aromatic carbocycles. The maximum absolute atomic E-state index is 12.5. The number of alkyl halides is 3. The summed E-state index contributed by atoms with van der Waals surface area (Å²) in [5.41, 5.74) is 2.73. The molecule has 4 rings (SSSR count). The summed E-state index contributed by atoms with van der Waals surface area (Å²) in [4.78, 5) is 20.9. The second kappa shape index (κ2) is 11.8. The lowest BCUT2D eigenvalue weighted by Crippen LogP contribution is -2.17. The summed E-state index contributed by atoms with van der Waals surface area (Å²) in [6.45, 7) is 0.401. The van der Waals surface area contributed by atoms with Gasteiger partial charge in [0.05, 0.1) is 17.7 Å². The van der Waals surface area contributed by atoms with Gasteiger partial charge in [-0.25, -0.2) is 14.8 Å². The molecule has 0 radical (unpaired) electrons. The summed E-state index contributed by atoms with van der Waals surface area (Å²) in [5.74, 6) is -0.407. The lowest BCUT2D eigenvalue weighted by molar-refractivity contribution is -0.274. The molecule has 0 aliphatic rings. The number of carbonyl (C=O) groups excluding carboxylic acids is 1. The van der Waals surface area contributed by atoms with Crippen LogP contribution in [0.2, 0.25) is 5.02 Å². The number of benzene rings is 3. The summed E-state index contributed by atoms with van der Waals surface area (Å²) >= 11 is 6.44. The first kappa shape index (κ1) is 26.7. The minimum atomic E-state index is -4.77. The second-order valence-electron chi connectivity index (χ2n) is 7.95. The number of esters is 1. The number of halogens is 4. The molecule has 0 aliphatic heterocycles. The maximum Gasteiger partial charge on any atom is 0.573 e. The molecule has 1 aromatic heterocycles. The fraction of sp³-hybridized carbons (Fsp3) is 0.148. The van der Waals surface area contributed by atoms with Crippen LogP contribution in [0.5, 0.6) is 11.5 Å². The minimum absolute atomic E-state index is 0.118. The number of methoxy groups -OCH3 is 1. The van der Waals surface area contributed by atoms with Crippen molar-refractivity contribution in [2.24, 2.45) is 0 Å². The van der Waals surface area contributed by atoms with Crippen LogP contribution in [0.3, 0.4) is 0 Å². The molecule has 0 aliphatic carbocycles. The Bertz CT molecular complexity index is 1400. The number of carbonyl (C=O) groups is 1. The summed E-state index contributed by atoms with van der Waals surface area (Å²) in [6.07, 6.45) is -1.71. The van der Waals surface area contributed by atoms with E-state index in [0.29, 0.717) is 16.7 Å². The topological polar surface area (TPSA) is 82.6 Å². The van der Waals surface area contributed by atoms with Crippen LogP contribution in [0.15, 0.2) is 79.1 Å². The van der Waals surface area contributed by atoms with E-state index in [-0.39, 0.29) is 41.2 Å². The van der Waals surface area contributed by atoms with Gasteiger partial charge < -0.3 is 19.5 Å². The van der Waals surface area contributed by atoms with Gasteiger partial charge >= 0.3 is 12.3 Å². The summed E-state index contributed by atoms with van der Waals surface area (Å²) < 4.78 is 52.1. The minimum Gasteiger partial charge on any atom is -0.487 e. The summed E-state index contributed by atoms with van der Waals surface area (Å²) in [5, 5.41) is 3.07. The lowest BCUT2D eigenvalue weighted by Gasteiger charge is -2.14. The third-order valence-electron chi connectivity index (χ3n) is 5.25. The molecule has 0 bridgehead atoms. The maximum atomic E-state index is 12.5. The Morgan fingerprint density at radius 2 is 1.66 bits per heavy atom. The van der Waals surface area contributed by atoms with Gasteiger partial charge in [0.15, 0.2) is 0 Å². The Balaban J connectivity index is 1.51. The zero-order valence-corrected chi connectivity index (χ0v) is 20.7. The zero-order chi connectivity index (χ0) is 27.1. The number of ether oxygens (including phenoxy) is 3. The van der Waals surface area contributed by atoms with E-state index in [9.17, 15) is 18.0 Å². The van der Waals surface area contributed by atoms with E-state index >= 15 is 0 Å². The Morgan fingerprint density at radius 3 is 2.34 bits per heavy atom. The molecule has 0 saturated heterocycles. The quantitative estimate of drug-likeness (QED) is 0.236. The average Bonchev–Trinajstić information content (AvgIpc) is 2.91. The van der Waals surface area contributed by atoms with Gasteiger partial charge in [-0.05, 0) is 41.0 Å². The summed E-state index contributed by atoms with van der Waals surface area (Å²) in [6, 6.07) is 18.3. The van der Waals surface area contributed by atoms with Gasteiger partial charge in [0.25, 0.3) is 0 Å². The van der Waals surface area contributed by atoms with E-state index in [2.05, 4.69) is 20.0 Å².